The molecule has 5 aliphatic heterocycles. The van der Waals surface area contributed by atoms with E-state index in [4.69, 9.17) is 9.47 Å². The van der Waals surface area contributed by atoms with E-state index in [9.17, 15) is 9.90 Å². The lowest BCUT2D eigenvalue weighted by Crippen LogP contribution is -2.71. The smallest absolute Gasteiger partial charge is 0.316 e. The first-order chi connectivity index (χ1) is 14.0. The van der Waals surface area contributed by atoms with Crippen molar-refractivity contribution in [3.8, 4) is 5.75 Å². The molecule has 5 heterocycles. The van der Waals surface area contributed by atoms with Crippen molar-refractivity contribution in [2.75, 3.05) is 32.7 Å². The Hall–Kier alpha value is -2.05. The maximum absolute atomic E-state index is 13.4. The predicted molar refractivity (Wildman–Crippen MR) is 108 cm³/mol. The van der Waals surface area contributed by atoms with Crippen molar-refractivity contribution in [2.45, 2.75) is 49.4 Å². The average molecular weight is 396 g/mol. The number of aliphatic hydroxyl groups is 1. The molecule has 6 aliphatic rings. The van der Waals surface area contributed by atoms with Gasteiger partial charge in [-0.05, 0) is 31.4 Å². The van der Waals surface area contributed by atoms with Gasteiger partial charge in [-0.25, -0.2) is 0 Å². The Morgan fingerprint density at radius 2 is 2.14 bits per heavy atom. The van der Waals surface area contributed by atoms with Crippen LogP contribution in [0, 0.1) is 11.3 Å². The number of anilines is 1. The number of aliphatic hydroxyl groups excluding tert-OH is 1. The maximum Gasteiger partial charge on any atom is 0.316 e. The zero-order valence-corrected chi connectivity index (χ0v) is 17.4. The molecule has 6 nitrogen and oxygen atoms in total. The number of allylic oxidation sites excluding steroid dienone is 1. The molecule has 5 bridgehead atoms. The Labute approximate surface area is 171 Å². The van der Waals surface area contributed by atoms with Gasteiger partial charge in [-0.2, -0.15) is 0 Å². The molecule has 4 saturated heterocycles. The van der Waals surface area contributed by atoms with E-state index in [-0.39, 0.29) is 24.0 Å². The number of piperidine rings is 4. The van der Waals surface area contributed by atoms with Crippen LogP contribution in [0.2, 0.25) is 0 Å². The number of ether oxygens (including phenoxy) is 2. The quantitative estimate of drug-likeness (QED) is 0.607. The summed E-state index contributed by atoms with van der Waals surface area (Å²) < 4.78 is 10.9. The number of methoxy groups -OCH3 is 2. The number of carbonyl (C=O) groups excluding carboxylic acids is 1. The van der Waals surface area contributed by atoms with Crippen LogP contribution >= 0.6 is 0 Å². The van der Waals surface area contributed by atoms with E-state index in [1.54, 1.807) is 7.11 Å². The summed E-state index contributed by atoms with van der Waals surface area (Å²) >= 11 is 0. The first kappa shape index (κ1) is 17.8. The van der Waals surface area contributed by atoms with Crippen molar-refractivity contribution in [1.82, 2.24) is 4.90 Å². The first-order valence-electron chi connectivity index (χ1n) is 10.6. The number of likely N-dealkylation sites (N-methyl/N-ethyl adjacent to an activating group) is 1. The zero-order chi connectivity index (χ0) is 20.3. The van der Waals surface area contributed by atoms with Crippen LogP contribution in [0.15, 0.2) is 29.8 Å². The molecule has 8 atom stereocenters. The van der Waals surface area contributed by atoms with E-state index in [0.29, 0.717) is 6.04 Å². The molecule has 1 spiro atoms. The zero-order valence-electron chi connectivity index (χ0n) is 17.4. The minimum atomic E-state index is -0.886. The highest BCUT2D eigenvalue weighted by molar-refractivity contribution is 5.84. The summed E-state index contributed by atoms with van der Waals surface area (Å²) in [5.74, 6) is 0.625. The number of carbonyl (C=O) groups is 1. The first-order valence-corrected chi connectivity index (χ1v) is 10.6. The largest absolute Gasteiger partial charge is 0.497 e. The SMILES string of the molecule is CC=C1CN2C3CC1C1(C(=O)OC)C2CC2(c4ccc(OC)cc4N(C)C32)C1O. The second-order valence-corrected chi connectivity index (χ2v) is 9.42. The van der Waals surface area contributed by atoms with Crippen LogP contribution in [0.25, 0.3) is 0 Å². The predicted octanol–water partition coefficient (Wildman–Crippen LogP) is 1.71. The number of nitrogens with zero attached hydrogens (tertiary/aromatic N) is 2. The third-order valence-corrected chi connectivity index (χ3v) is 9.02. The molecule has 1 saturated carbocycles. The van der Waals surface area contributed by atoms with Gasteiger partial charge in [-0.1, -0.05) is 17.7 Å². The van der Waals surface area contributed by atoms with Crippen LogP contribution in [-0.2, 0) is 14.9 Å². The lowest BCUT2D eigenvalue weighted by molar-refractivity contribution is -0.179. The lowest BCUT2D eigenvalue weighted by atomic mass is 9.58. The highest BCUT2D eigenvalue weighted by Gasteiger charge is 2.82. The molecule has 0 radical (unpaired) electrons. The minimum absolute atomic E-state index is 0.0232. The van der Waals surface area contributed by atoms with Crippen molar-refractivity contribution in [1.29, 1.82) is 0 Å². The monoisotopic (exact) mass is 396 g/mol. The lowest BCUT2D eigenvalue weighted by Gasteiger charge is -2.61. The van der Waals surface area contributed by atoms with Gasteiger partial charge in [-0.3, -0.25) is 9.69 Å². The van der Waals surface area contributed by atoms with E-state index in [1.807, 2.05) is 6.07 Å². The average Bonchev–Trinajstić information content (AvgIpc) is 3.13. The highest BCUT2D eigenvalue weighted by Crippen LogP contribution is 2.72. The third-order valence-electron chi connectivity index (χ3n) is 9.02. The summed E-state index contributed by atoms with van der Waals surface area (Å²) in [6, 6.07) is 6.66. The standard InChI is InChI=1S/C23H28N2O4/c1-5-12-11-25-17-9-15(12)23(21(27)29-4)18(25)10-22(20(23)26)14-7-6-13(28-3)8-16(14)24(2)19(17)22/h5-8,15,17-20,26H,9-11H2,1-4H3. The van der Waals surface area contributed by atoms with Crippen molar-refractivity contribution < 1.29 is 19.4 Å². The van der Waals surface area contributed by atoms with E-state index in [1.165, 1.54) is 12.7 Å². The third kappa shape index (κ3) is 1.62. The normalized spacial score (nSPS) is 46.8. The van der Waals surface area contributed by atoms with E-state index >= 15 is 0 Å². The number of benzene rings is 1. The summed E-state index contributed by atoms with van der Waals surface area (Å²) in [6.07, 6.45) is 3.06. The molecule has 8 unspecified atom stereocenters. The second-order valence-electron chi connectivity index (χ2n) is 9.42. The van der Waals surface area contributed by atoms with Crippen molar-refractivity contribution in [3.05, 3.63) is 35.4 Å². The molecular formula is C23H28N2O4. The van der Waals surface area contributed by atoms with Crippen LogP contribution in [0.3, 0.4) is 0 Å². The fraction of sp³-hybridized carbons (Fsp3) is 0.609. The van der Waals surface area contributed by atoms with Crippen molar-refractivity contribution >= 4 is 11.7 Å². The molecular weight excluding hydrogens is 368 g/mol. The summed E-state index contributed by atoms with van der Waals surface area (Å²) in [5, 5.41) is 12.1. The van der Waals surface area contributed by atoms with Gasteiger partial charge in [0.05, 0.1) is 26.4 Å². The highest BCUT2D eigenvalue weighted by atomic mass is 16.5. The minimum Gasteiger partial charge on any atom is -0.497 e. The molecule has 1 aliphatic carbocycles. The number of esters is 1. The Kier molecular flexibility index (Phi) is 3.28. The van der Waals surface area contributed by atoms with E-state index in [0.717, 1.165) is 36.4 Å². The van der Waals surface area contributed by atoms with Gasteiger partial charge in [0.1, 0.15) is 11.2 Å². The molecule has 0 amide bonds. The number of hydrogen-bond donors (Lipinski definition) is 1. The topological polar surface area (TPSA) is 62.2 Å². The van der Waals surface area contributed by atoms with Gasteiger partial charge in [0.2, 0.25) is 0 Å². The van der Waals surface area contributed by atoms with E-state index in [2.05, 4.69) is 42.0 Å². The molecule has 1 aromatic rings. The van der Waals surface area contributed by atoms with Crippen LogP contribution in [0.1, 0.15) is 25.3 Å². The summed E-state index contributed by atoms with van der Waals surface area (Å²) in [4.78, 5) is 18.2. The number of fused-ring (bicyclic) bond motifs is 2. The Morgan fingerprint density at radius 3 is 2.83 bits per heavy atom. The fourth-order valence-electron chi connectivity index (χ4n) is 8.12. The Bertz CT molecular complexity index is 960. The Morgan fingerprint density at radius 1 is 1.34 bits per heavy atom. The molecule has 5 fully saturated rings. The Balaban J connectivity index is 1.64. The van der Waals surface area contributed by atoms with Gasteiger partial charge < -0.3 is 19.5 Å². The van der Waals surface area contributed by atoms with E-state index < -0.39 is 16.9 Å². The number of rotatable bonds is 2. The molecule has 1 aromatic carbocycles. The maximum atomic E-state index is 13.4. The second kappa shape index (κ2) is 5.35. The van der Waals surface area contributed by atoms with Crippen LogP contribution < -0.4 is 9.64 Å². The molecule has 0 aromatic heterocycles. The summed E-state index contributed by atoms with van der Waals surface area (Å²) in [6.45, 7) is 2.94. The molecule has 1 N–H and O–H groups in total. The summed E-state index contributed by atoms with van der Waals surface area (Å²) in [5.41, 5.74) is 2.21. The fourth-order valence-corrected chi connectivity index (χ4v) is 8.12. The van der Waals surface area contributed by atoms with Gasteiger partial charge in [0.25, 0.3) is 0 Å². The molecule has 29 heavy (non-hydrogen) atoms. The van der Waals surface area contributed by atoms with Gasteiger partial charge >= 0.3 is 5.97 Å². The van der Waals surface area contributed by atoms with Crippen molar-refractivity contribution in [3.63, 3.8) is 0 Å². The van der Waals surface area contributed by atoms with Gasteiger partial charge in [0, 0.05) is 48.8 Å². The molecule has 7 rings (SSSR count). The summed E-state index contributed by atoms with van der Waals surface area (Å²) in [7, 11) is 5.28. The van der Waals surface area contributed by atoms with Gasteiger partial charge in [0.15, 0.2) is 0 Å². The number of hydrogen-bond acceptors (Lipinski definition) is 6. The molecule has 154 valence electrons. The van der Waals surface area contributed by atoms with Crippen LogP contribution in [-0.4, -0.2) is 68.0 Å². The van der Waals surface area contributed by atoms with Crippen LogP contribution in [0.5, 0.6) is 5.75 Å². The van der Waals surface area contributed by atoms with Crippen molar-refractivity contribution in [2.24, 2.45) is 11.3 Å². The van der Waals surface area contributed by atoms with Gasteiger partial charge in [-0.15, -0.1) is 0 Å². The van der Waals surface area contributed by atoms with Crippen LogP contribution in [0.4, 0.5) is 5.69 Å². The molecule has 6 heteroatoms.